The minimum Gasteiger partial charge on any atom is -0.484 e. The first kappa shape index (κ1) is 13.4. The van der Waals surface area contributed by atoms with Crippen LogP contribution in [0.2, 0.25) is 0 Å². The summed E-state index contributed by atoms with van der Waals surface area (Å²) < 4.78 is 5.63. The quantitative estimate of drug-likeness (QED) is 0.912. The van der Waals surface area contributed by atoms with E-state index in [4.69, 9.17) is 4.74 Å². The topological polar surface area (TPSA) is 41.6 Å². The van der Waals surface area contributed by atoms with E-state index in [1.807, 2.05) is 31.2 Å². The monoisotopic (exact) mass is 274 g/mol. The van der Waals surface area contributed by atoms with Crippen LogP contribution in [0.3, 0.4) is 0 Å². The Morgan fingerprint density at radius 3 is 2.80 bits per heavy atom. The Labute approximate surface area is 120 Å². The van der Waals surface area contributed by atoms with Gasteiger partial charge in [-0.2, -0.15) is 0 Å². The molecule has 20 heavy (non-hydrogen) atoms. The lowest BCUT2D eigenvalue weighted by molar-refractivity contribution is -0.136. The number of rotatable bonds is 3. The average Bonchev–Trinajstić information content (AvgIpc) is 2.71. The number of carbonyl (C=O) groups is 1. The maximum atomic E-state index is 12.4. The molecule has 0 aromatic heterocycles. The Morgan fingerprint density at radius 2 is 2.00 bits per heavy atom. The van der Waals surface area contributed by atoms with Gasteiger partial charge in [-0.05, 0) is 44.9 Å². The van der Waals surface area contributed by atoms with E-state index < -0.39 is 0 Å². The maximum Gasteiger partial charge on any atom is 0.261 e. The van der Waals surface area contributed by atoms with Crippen LogP contribution >= 0.6 is 0 Å². The molecular weight excluding hydrogens is 252 g/mol. The number of nitrogens with one attached hydrogen (secondary N) is 1. The molecule has 1 amide bonds. The Bertz CT molecular complexity index is 458. The number of amides is 1. The largest absolute Gasteiger partial charge is 0.484 e. The van der Waals surface area contributed by atoms with Crippen molar-refractivity contribution in [1.29, 1.82) is 0 Å². The molecular formula is C16H22N2O2. The summed E-state index contributed by atoms with van der Waals surface area (Å²) in [6.45, 7) is 4.13. The van der Waals surface area contributed by atoms with Gasteiger partial charge in [-0.1, -0.05) is 17.7 Å². The minimum absolute atomic E-state index is 0.127. The van der Waals surface area contributed by atoms with Crippen molar-refractivity contribution in [3.8, 4) is 5.75 Å². The Hall–Kier alpha value is -1.55. The lowest BCUT2D eigenvalue weighted by atomic mass is 10.1. The van der Waals surface area contributed by atoms with Crippen molar-refractivity contribution in [2.24, 2.45) is 0 Å². The van der Waals surface area contributed by atoms with Gasteiger partial charge in [-0.3, -0.25) is 4.79 Å². The summed E-state index contributed by atoms with van der Waals surface area (Å²) in [6, 6.07) is 8.60. The molecule has 4 heteroatoms. The van der Waals surface area contributed by atoms with Crippen LogP contribution in [0.15, 0.2) is 24.3 Å². The molecule has 2 saturated heterocycles. The highest BCUT2D eigenvalue weighted by Crippen LogP contribution is 2.28. The summed E-state index contributed by atoms with van der Waals surface area (Å²) in [5, 5.41) is 3.41. The standard InChI is InChI=1S/C16H22N2O2/c1-12-2-6-15(7-3-12)20-11-16(19)18-13-4-5-14(18)10-17-9-8-13/h2-3,6-7,13-14,17H,4-5,8-11H2,1H3. The SMILES string of the molecule is Cc1ccc(OCC(=O)N2C3CCNCC2CC3)cc1. The molecule has 0 radical (unpaired) electrons. The van der Waals surface area contributed by atoms with Crippen LogP contribution in [0.25, 0.3) is 0 Å². The number of hydrogen-bond acceptors (Lipinski definition) is 3. The van der Waals surface area contributed by atoms with Gasteiger partial charge in [0.1, 0.15) is 5.75 Å². The molecule has 2 aliphatic heterocycles. The van der Waals surface area contributed by atoms with Crippen LogP contribution in [0.4, 0.5) is 0 Å². The molecule has 2 atom stereocenters. The van der Waals surface area contributed by atoms with Gasteiger partial charge < -0.3 is 15.0 Å². The van der Waals surface area contributed by atoms with Crippen molar-refractivity contribution in [3.63, 3.8) is 0 Å². The van der Waals surface area contributed by atoms with E-state index in [1.165, 1.54) is 5.56 Å². The van der Waals surface area contributed by atoms with Crippen molar-refractivity contribution in [1.82, 2.24) is 10.2 Å². The zero-order valence-electron chi connectivity index (χ0n) is 12.0. The molecule has 1 aromatic rings. The highest BCUT2D eigenvalue weighted by Gasteiger charge is 2.37. The molecule has 0 saturated carbocycles. The number of carbonyl (C=O) groups excluding carboxylic acids is 1. The van der Waals surface area contributed by atoms with E-state index in [1.54, 1.807) is 0 Å². The number of hydrogen-bond donors (Lipinski definition) is 1. The molecule has 1 aromatic carbocycles. The number of aryl methyl sites for hydroxylation is 1. The Kier molecular flexibility index (Phi) is 3.92. The molecule has 0 aliphatic carbocycles. The maximum absolute atomic E-state index is 12.4. The van der Waals surface area contributed by atoms with Crippen LogP contribution < -0.4 is 10.1 Å². The highest BCUT2D eigenvalue weighted by atomic mass is 16.5. The van der Waals surface area contributed by atoms with Gasteiger partial charge >= 0.3 is 0 Å². The van der Waals surface area contributed by atoms with Crippen LogP contribution in [-0.2, 0) is 4.79 Å². The number of nitrogens with zero attached hydrogens (tertiary/aromatic N) is 1. The second-order valence-corrected chi connectivity index (χ2v) is 5.78. The third-order valence-electron chi connectivity index (χ3n) is 4.33. The van der Waals surface area contributed by atoms with Crippen LogP contribution in [0.5, 0.6) is 5.75 Å². The van der Waals surface area contributed by atoms with Crippen molar-refractivity contribution < 1.29 is 9.53 Å². The fraction of sp³-hybridized carbons (Fsp3) is 0.562. The van der Waals surface area contributed by atoms with Crippen molar-refractivity contribution in [2.75, 3.05) is 19.7 Å². The molecule has 1 N–H and O–H groups in total. The zero-order chi connectivity index (χ0) is 13.9. The zero-order valence-corrected chi connectivity index (χ0v) is 12.0. The molecule has 0 spiro atoms. The molecule has 2 fully saturated rings. The molecule has 2 unspecified atom stereocenters. The lowest BCUT2D eigenvalue weighted by Crippen LogP contribution is -2.44. The van der Waals surface area contributed by atoms with E-state index in [2.05, 4.69) is 10.2 Å². The van der Waals surface area contributed by atoms with Crippen LogP contribution in [0, 0.1) is 6.92 Å². The lowest BCUT2D eigenvalue weighted by Gasteiger charge is -2.27. The second-order valence-electron chi connectivity index (χ2n) is 5.78. The first-order chi connectivity index (χ1) is 9.74. The van der Waals surface area contributed by atoms with Gasteiger partial charge in [0.2, 0.25) is 0 Å². The number of ether oxygens (including phenoxy) is 1. The predicted octanol–water partition coefficient (Wildman–Crippen LogP) is 1.73. The van der Waals surface area contributed by atoms with E-state index >= 15 is 0 Å². The molecule has 2 bridgehead atoms. The first-order valence-electron chi connectivity index (χ1n) is 7.45. The second kappa shape index (κ2) is 5.83. The van der Waals surface area contributed by atoms with Gasteiger partial charge in [0.15, 0.2) is 6.61 Å². The van der Waals surface area contributed by atoms with E-state index in [0.717, 1.165) is 38.1 Å². The fourth-order valence-corrected chi connectivity index (χ4v) is 3.24. The average molecular weight is 274 g/mol. The van der Waals surface area contributed by atoms with Gasteiger partial charge in [0, 0.05) is 18.6 Å². The van der Waals surface area contributed by atoms with E-state index in [0.29, 0.717) is 12.1 Å². The molecule has 4 nitrogen and oxygen atoms in total. The van der Waals surface area contributed by atoms with E-state index in [9.17, 15) is 4.79 Å². The highest BCUT2D eigenvalue weighted by molar-refractivity contribution is 5.79. The third-order valence-corrected chi connectivity index (χ3v) is 4.33. The summed E-state index contributed by atoms with van der Waals surface area (Å²) in [6.07, 6.45) is 3.32. The molecule has 108 valence electrons. The summed E-state index contributed by atoms with van der Waals surface area (Å²) in [7, 11) is 0. The van der Waals surface area contributed by atoms with Gasteiger partial charge in [0.05, 0.1) is 0 Å². The minimum atomic E-state index is 0.127. The van der Waals surface area contributed by atoms with Gasteiger partial charge in [0.25, 0.3) is 5.91 Å². The third kappa shape index (κ3) is 2.80. The van der Waals surface area contributed by atoms with Crippen molar-refractivity contribution in [3.05, 3.63) is 29.8 Å². The normalized spacial score (nSPS) is 25.4. The summed E-state index contributed by atoms with van der Waals surface area (Å²) in [5.74, 6) is 0.894. The smallest absolute Gasteiger partial charge is 0.261 e. The summed E-state index contributed by atoms with van der Waals surface area (Å²) in [5.41, 5.74) is 1.19. The van der Waals surface area contributed by atoms with Gasteiger partial charge in [-0.25, -0.2) is 0 Å². The number of fused-ring (bicyclic) bond motifs is 2. The van der Waals surface area contributed by atoms with E-state index in [-0.39, 0.29) is 12.5 Å². The predicted molar refractivity (Wildman–Crippen MR) is 77.8 cm³/mol. The van der Waals surface area contributed by atoms with Crippen LogP contribution in [0.1, 0.15) is 24.8 Å². The summed E-state index contributed by atoms with van der Waals surface area (Å²) >= 11 is 0. The summed E-state index contributed by atoms with van der Waals surface area (Å²) in [4.78, 5) is 14.5. The number of benzene rings is 1. The van der Waals surface area contributed by atoms with Crippen LogP contribution in [-0.4, -0.2) is 42.6 Å². The first-order valence-corrected chi connectivity index (χ1v) is 7.45. The fourth-order valence-electron chi connectivity index (χ4n) is 3.24. The van der Waals surface area contributed by atoms with Crippen molar-refractivity contribution >= 4 is 5.91 Å². The van der Waals surface area contributed by atoms with Gasteiger partial charge in [-0.15, -0.1) is 0 Å². The molecule has 2 heterocycles. The Morgan fingerprint density at radius 1 is 1.25 bits per heavy atom. The molecule has 3 rings (SSSR count). The van der Waals surface area contributed by atoms with Crippen molar-refractivity contribution in [2.45, 2.75) is 38.3 Å². The Balaban J connectivity index is 1.60. The molecule has 2 aliphatic rings.